The molecule has 6 heteroatoms. The van der Waals surface area contributed by atoms with Gasteiger partial charge in [0.15, 0.2) is 0 Å². The summed E-state index contributed by atoms with van der Waals surface area (Å²) in [6.45, 7) is 1.24. The Bertz CT molecular complexity index is 346. The van der Waals surface area contributed by atoms with Gasteiger partial charge in [0.2, 0.25) is 0 Å². The van der Waals surface area contributed by atoms with Gasteiger partial charge in [0.1, 0.15) is 5.82 Å². The van der Waals surface area contributed by atoms with E-state index in [-0.39, 0.29) is 11.3 Å². The molecule has 0 bridgehead atoms. The third-order valence-electron chi connectivity index (χ3n) is 1.73. The van der Waals surface area contributed by atoms with Crippen LogP contribution in [0.2, 0.25) is 0 Å². The summed E-state index contributed by atoms with van der Waals surface area (Å²) in [6.07, 6.45) is -4.71. The molecule has 0 spiro atoms. The summed E-state index contributed by atoms with van der Waals surface area (Å²) in [5.41, 5.74) is 0.647. The van der Waals surface area contributed by atoms with E-state index in [1.165, 1.54) is 13.0 Å². The summed E-state index contributed by atoms with van der Waals surface area (Å²) in [6, 6.07) is 1.83. The summed E-state index contributed by atoms with van der Waals surface area (Å²) in [4.78, 5) is 0. The molecule has 0 fully saturated rings. The predicted molar refractivity (Wildman–Crippen MR) is 43.9 cm³/mol. The maximum atomic E-state index is 13.0. The molecule has 14 heavy (non-hydrogen) atoms. The highest BCUT2D eigenvalue weighted by atomic mass is 19.4. The van der Waals surface area contributed by atoms with Crippen molar-refractivity contribution in [2.75, 3.05) is 5.43 Å². The number of benzene rings is 1. The Labute approximate surface area is 77.7 Å². The van der Waals surface area contributed by atoms with Crippen LogP contribution in [0, 0.1) is 12.7 Å². The molecule has 1 rings (SSSR count). The third kappa shape index (κ3) is 1.95. The van der Waals surface area contributed by atoms with E-state index in [2.05, 4.69) is 0 Å². The van der Waals surface area contributed by atoms with Crippen molar-refractivity contribution >= 4 is 5.69 Å². The van der Waals surface area contributed by atoms with E-state index in [1.54, 1.807) is 0 Å². The molecule has 0 aliphatic carbocycles. The van der Waals surface area contributed by atoms with Gasteiger partial charge in [0.05, 0.1) is 5.56 Å². The third-order valence-corrected chi connectivity index (χ3v) is 1.73. The molecule has 1 aromatic rings. The molecule has 0 amide bonds. The summed E-state index contributed by atoms with van der Waals surface area (Å²) < 4.78 is 49.7. The van der Waals surface area contributed by atoms with Gasteiger partial charge in [0, 0.05) is 5.69 Å². The number of rotatable bonds is 1. The Hall–Kier alpha value is -1.30. The molecule has 0 radical (unpaired) electrons. The first-order chi connectivity index (χ1) is 6.36. The van der Waals surface area contributed by atoms with Crippen LogP contribution in [0.1, 0.15) is 11.1 Å². The molecule has 3 N–H and O–H groups in total. The van der Waals surface area contributed by atoms with E-state index in [0.717, 1.165) is 0 Å². The van der Waals surface area contributed by atoms with Gasteiger partial charge >= 0.3 is 6.18 Å². The van der Waals surface area contributed by atoms with Crippen molar-refractivity contribution in [2.24, 2.45) is 5.84 Å². The molecule has 0 aliphatic heterocycles. The molecule has 78 valence electrons. The van der Waals surface area contributed by atoms with Gasteiger partial charge in [-0.05, 0) is 24.6 Å². The maximum absolute atomic E-state index is 13.0. The minimum Gasteiger partial charge on any atom is -0.324 e. The van der Waals surface area contributed by atoms with Crippen molar-refractivity contribution in [1.29, 1.82) is 0 Å². The number of hydrazine groups is 1. The molecule has 0 aromatic heterocycles. The number of hydrogen-bond acceptors (Lipinski definition) is 2. The molecule has 0 saturated carbocycles. The number of halogens is 4. The second-order valence-electron chi connectivity index (χ2n) is 2.80. The van der Waals surface area contributed by atoms with Gasteiger partial charge in [0.25, 0.3) is 0 Å². The van der Waals surface area contributed by atoms with Crippen molar-refractivity contribution in [3.8, 4) is 0 Å². The molecule has 0 atom stereocenters. The van der Waals surface area contributed by atoms with Gasteiger partial charge < -0.3 is 5.43 Å². The number of nitrogens with two attached hydrogens (primary N) is 1. The lowest BCUT2D eigenvalue weighted by Crippen LogP contribution is -2.13. The number of alkyl halides is 3. The van der Waals surface area contributed by atoms with Gasteiger partial charge in [-0.3, -0.25) is 5.84 Å². The number of nitrogens with one attached hydrogen (secondary N) is 1. The van der Waals surface area contributed by atoms with E-state index >= 15 is 0 Å². The van der Waals surface area contributed by atoms with Gasteiger partial charge in [-0.25, -0.2) is 4.39 Å². The van der Waals surface area contributed by atoms with E-state index in [9.17, 15) is 17.6 Å². The quantitative estimate of drug-likeness (QED) is 0.422. The summed E-state index contributed by atoms with van der Waals surface area (Å²) in [5, 5.41) is 0. The van der Waals surface area contributed by atoms with Crippen LogP contribution in [0.4, 0.5) is 23.2 Å². The van der Waals surface area contributed by atoms with Crippen LogP contribution in [-0.2, 0) is 6.18 Å². The first-order valence-electron chi connectivity index (χ1n) is 3.70. The fourth-order valence-corrected chi connectivity index (χ4v) is 1.06. The average Bonchev–Trinajstić information content (AvgIpc) is 2.07. The van der Waals surface area contributed by atoms with Gasteiger partial charge in [-0.2, -0.15) is 13.2 Å². The second-order valence-corrected chi connectivity index (χ2v) is 2.80. The maximum Gasteiger partial charge on any atom is 0.419 e. The standard InChI is InChI=1S/C8H8F4N2/c1-4-2-5(14-13)3-6(7(4)9)8(10,11)12/h2-3,14H,13H2,1H3. The van der Waals surface area contributed by atoms with Crippen molar-refractivity contribution in [3.05, 3.63) is 29.1 Å². The Morgan fingerprint density at radius 2 is 1.86 bits per heavy atom. The van der Waals surface area contributed by atoms with Crippen molar-refractivity contribution in [2.45, 2.75) is 13.1 Å². The molecular weight excluding hydrogens is 200 g/mol. The van der Waals surface area contributed by atoms with E-state index in [0.29, 0.717) is 6.07 Å². The van der Waals surface area contributed by atoms with Crippen LogP contribution in [0.3, 0.4) is 0 Å². The van der Waals surface area contributed by atoms with Crippen molar-refractivity contribution in [3.63, 3.8) is 0 Å². The lowest BCUT2D eigenvalue weighted by Gasteiger charge is -2.11. The van der Waals surface area contributed by atoms with Gasteiger partial charge in [-0.15, -0.1) is 0 Å². The minimum absolute atomic E-state index is 0.0243. The fourth-order valence-electron chi connectivity index (χ4n) is 1.06. The van der Waals surface area contributed by atoms with Crippen LogP contribution in [0.25, 0.3) is 0 Å². The van der Waals surface area contributed by atoms with Gasteiger partial charge in [-0.1, -0.05) is 0 Å². The smallest absolute Gasteiger partial charge is 0.324 e. The zero-order valence-corrected chi connectivity index (χ0v) is 7.24. The highest BCUT2D eigenvalue weighted by Gasteiger charge is 2.35. The predicted octanol–water partition coefficient (Wildman–Crippen LogP) is 2.44. The fraction of sp³-hybridized carbons (Fsp3) is 0.250. The molecule has 0 aliphatic rings. The summed E-state index contributed by atoms with van der Waals surface area (Å²) >= 11 is 0. The highest BCUT2D eigenvalue weighted by molar-refractivity contribution is 5.49. The molecule has 2 nitrogen and oxygen atoms in total. The van der Waals surface area contributed by atoms with Crippen molar-refractivity contribution in [1.82, 2.24) is 0 Å². The lowest BCUT2D eigenvalue weighted by atomic mass is 10.1. The van der Waals surface area contributed by atoms with Crippen LogP contribution in [0.5, 0.6) is 0 Å². The summed E-state index contributed by atoms with van der Waals surface area (Å²) in [5.74, 6) is 3.67. The number of anilines is 1. The second kappa shape index (κ2) is 3.45. The van der Waals surface area contributed by atoms with Crippen LogP contribution >= 0.6 is 0 Å². The molecule has 0 heterocycles. The van der Waals surface area contributed by atoms with E-state index in [4.69, 9.17) is 5.84 Å². The minimum atomic E-state index is -4.71. The number of aryl methyl sites for hydroxylation is 1. The summed E-state index contributed by atoms with van der Waals surface area (Å²) in [7, 11) is 0. The zero-order valence-electron chi connectivity index (χ0n) is 7.24. The van der Waals surface area contributed by atoms with Crippen LogP contribution in [0.15, 0.2) is 12.1 Å². The normalized spacial score (nSPS) is 11.6. The van der Waals surface area contributed by atoms with E-state index in [1.807, 2.05) is 5.43 Å². The first-order valence-corrected chi connectivity index (χ1v) is 3.70. The zero-order chi connectivity index (χ0) is 10.9. The SMILES string of the molecule is Cc1cc(NN)cc(C(F)(F)F)c1F. The largest absolute Gasteiger partial charge is 0.419 e. The Morgan fingerprint density at radius 3 is 2.29 bits per heavy atom. The number of nitrogen functional groups attached to an aromatic ring is 1. The van der Waals surface area contributed by atoms with Crippen LogP contribution < -0.4 is 11.3 Å². The topological polar surface area (TPSA) is 38.0 Å². The highest BCUT2D eigenvalue weighted by Crippen LogP contribution is 2.34. The van der Waals surface area contributed by atoms with E-state index < -0.39 is 17.6 Å². The Balaban J connectivity index is 3.35. The molecule has 1 aromatic carbocycles. The first kappa shape index (κ1) is 10.8. The number of hydrogen-bond donors (Lipinski definition) is 2. The molecule has 0 unspecified atom stereocenters. The lowest BCUT2D eigenvalue weighted by molar-refractivity contribution is -0.140. The van der Waals surface area contributed by atoms with Crippen molar-refractivity contribution < 1.29 is 17.6 Å². The van der Waals surface area contributed by atoms with Crippen LogP contribution in [-0.4, -0.2) is 0 Å². The molecule has 0 saturated heterocycles. The monoisotopic (exact) mass is 208 g/mol. The Morgan fingerprint density at radius 1 is 1.29 bits per heavy atom. The molecular formula is C8H8F4N2. The Kier molecular flexibility index (Phi) is 2.66. The average molecular weight is 208 g/mol.